The molecule has 0 aliphatic rings. The van der Waals surface area contributed by atoms with Crippen molar-refractivity contribution in [3.63, 3.8) is 0 Å². The van der Waals surface area contributed by atoms with Gasteiger partial charge >= 0.3 is 0 Å². The molecule has 0 radical (unpaired) electrons. The largest absolute Gasteiger partial charge is 0.398 e. The molecule has 0 bridgehead atoms. The molecule has 0 aliphatic carbocycles. The summed E-state index contributed by atoms with van der Waals surface area (Å²) in [5.74, 6) is 1.17. The number of nitrogen functional groups attached to an aromatic ring is 1. The van der Waals surface area contributed by atoms with Crippen LogP contribution in [0.2, 0.25) is 0 Å². The van der Waals surface area contributed by atoms with Crippen molar-refractivity contribution in [2.24, 2.45) is 0 Å². The summed E-state index contributed by atoms with van der Waals surface area (Å²) in [7, 11) is 3.91. The van der Waals surface area contributed by atoms with Gasteiger partial charge in [-0.3, -0.25) is 0 Å². The van der Waals surface area contributed by atoms with E-state index in [0.29, 0.717) is 18.3 Å². The van der Waals surface area contributed by atoms with Crippen LogP contribution in [-0.2, 0) is 6.54 Å². The van der Waals surface area contributed by atoms with Crippen LogP contribution in [-0.4, -0.2) is 29.1 Å². The van der Waals surface area contributed by atoms with E-state index >= 15 is 0 Å². The van der Waals surface area contributed by atoms with Crippen LogP contribution in [0.3, 0.4) is 0 Å². The summed E-state index contributed by atoms with van der Waals surface area (Å²) in [5, 5.41) is 3.91. The molecule has 1 heterocycles. The highest BCUT2D eigenvalue weighted by Gasteiger charge is 2.10. The van der Waals surface area contributed by atoms with E-state index in [1.165, 1.54) is 0 Å². The van der Waals surface area contributed by atoms with E-state index in [0.717, 1.165) is 14.8 Å². The molecule has 2 rings (SSSR count). The lowest BCUT2D eigenvalue weighted by Gasteiger charge is -2.03. The van der Waals surface area contributed by atoms with E-state index in [1.807, 2.05) is 37.2 Å². The van der Waals surface area contributed by atoms with Crippen molar-refractivity contribution in [3.8, 4) is 11.5 Å². The van der Waals surface area contributed by atoms with Crippen LogP contribution in [0.5, 0.6) is 0 Å². The highest BCUT2D eigenvalue weighted by Crippen LogP contribution is 2.23. The number of aromatic nitrogens is 2. The monoisotopic (exact) mass is 344 g/mol. The molecule has 17 heavy (non-hydrogen) atoms. The topological polar surface area (TPSA) is 68.2 Å². The number of hydrogen-bond donors (Lipinski definition) is 1. The van der Waals surface area contributed by atoms with Gasteiger partial charge in [-0.2, -0.15) is 4.98 Å². The van der Waals surface area contributed by atoms with Crippen molar-refractivity contribution in [1.82, 2.24) is 15.0 Å². The van der Waals surface area contributed by atoms with E-state index in [2.05, 4.69) is 32.7 Å². The second-order valence-electron chi connectivity index (χ2n) is 3.99. The minimum absolute atomic E-state index is 0.505. The minimum atomic E-state index is 0.505. The van der Waals surface area contributed by atoms with Gasteiger partial charge in [-0.1, -0.05) is 5.16 Å². The molecule has 1 aromatic carbocycles. The Morgan fingerprint density at radius 3 is 2.82 bits per heavy atom. The first-order valence-corrected chi connectivity index (χ1v) is 6.17. The van der Waals surface area contributed by atoms with E-state index in [-0.39, 0.29) is 0 Å². The molecule has 0 unspecified atom stereocenters. The highest BCUT2D eigenvalue weighted by atomic mass is 127. The minimum Gasteiger partial charge on any atom is -0.398 e. The number of nitrogens with zero attached hydrogens (tertiary/aromatic N) is 3. The first kappa shape index (κ1) is 12.3. The van der Waals surface area contributed by atoms with Crippen molar-refractivity contribution >= 4 is 28.3 Å². The van der Waals surface area contributed by atoms with Crippen LogP contribution in [0.4, 0.5) is 5.69 Å². The van der Waals surface area contributed by atoms with Crippen molar-refractivity contribution in [1.29, 1.82) is 0 Å². The Hall–Kier alpha value is -1.15. The zero-order valence-electron chi connectivity index (χ0n) is 9.64. The number of hydrogen-bond acceptors (Lipinski definition) is 5. The third kappa shape index (κ3) is 2.95. The van der Waals surface area contributed by atoms with E-state index in [4.69, 9.17) is 10.3 Å². The Morgan fingerprint density at radius 1 is 1.41 bits per heavy atom. The Balaban J connectivity index is 2.27. The number of halogens is 1. The average molecular weight is 344 g/mol. The van der Waals surface area contributed by atoms with Crippen LogP contribution in [0.15, 0.2) is 22.7 Å². The molecule has 0 saturated carbocycles. The molecule has 0 fully saturated rings. The number of anilines is 1. The van der Waals surface area contributed by atoms with Crippen molar-refractivity contribution in [2.75, 3.05) is 19.8 Å². The molecule has 6 heteroatoms. The van der Waals surface area contributed by atoms with Gasteiger partial charge in [-0.15, -0.1) is 0 Å². The van der Waals surface area contributed by atoms with Crippen LogP contribution in [0.25, 0.3) is 11.5 Å². The predicted molar refractivity (Wildman–Crippen MR) is 74.3 cm³/mol. The van der Waals surface area contributed by atoms with Crippen LogP contribution >= 0.6 is 22.6 Å². The second kappa shape index (κ2) is 5.01. The fraction of sp³-hybridized carbons (Fsp3) is 0.273. The van der Waals surface area contributed by atoms with E-state index < -0.39 is 0 Å². The molecule has 0 amide bonds. The standard InChI is InChI=1S/C11H13IN4O/c1-16(2)6-10-14-11(17-15-10)7-3-4-8(12)9(13)5-7/h3-5H,6,13H2,1-2H3. The maximum atomic E-state index is 5.84. The lowest BCUT2D eigenvalue weighted by Crippen LogP contribution is -2.11. The maximum absolute atomic E-state index is 5.84. The SMILES string of the molecule is CN(C)Cc1noc(-c2ccc(I)c(N)c2)n1. The van der Waals surface area contributed by atoms with Gasteiger partial charge < -0.3 is 15.2 Å². The van der Waals surface area contributed by atoms with Crippen LogP contribution < -0.4 is 5.73 Å². The summed E-state index contributed by atoms with van der Waals surface area (Å²) < 4.78 is 6.21. The summed E-state index contributed by atoms with van der Waals surface area (Å²) in [6.07, 6.45) is 0. The van der Waals surface area contributed by atoms with E-state index in [1.54, 1.807) is 0 Å². The van der Waals surface area contributed by atoms with Crippen molar-refractivity contribution < 1.29 is 4.52 Å². The van der Waals surface area contributed by atoms with Gasteiger partial charge in [0, 0.05) is 14.8 Å². The quantitative estimate of drug-likeness (QED) is 0.681. The van der Waals surface area contributed by atoms with Crippen molar-refractivity contribution in [3.05, 3.63) is 27.6 Å². The zero-order valence-corrected chi connectivity index (χ0v) is 11.8. The third-order valence-electron chi connectivity index (χ3n) is 2.17. The normalized spacial score (nSPS) is 11.1. The number of nitrogens with two attached hydrogens (primary N) is 1. The van der Waals surface area contributed by atoms with Gasteiger partial charge in [0.15, 0.2) is 5.82 Å². The fourth-order valence-electron chi connectivity index (χ4n) is 1.40. The Labute approximate surface area is 113 Å². The summed E-state index contributed by atoms with van der Waals surface area (Å²) in [6, 6.07) is 5.70. The molecule has 2 N–H and O–H groups in total. The van der Waals surface area contributed by atoms with Gasteiger partial charge in [-0.25, -0.2) is 0 Å². The maximum Gasteiger partial charge on any atom is 0.258 e. The first-order chi connectivity index (χ1) is 8.06. The molecule has 5 nitrogen and oxygen atoms in total. The molecule has 0 atom stereocenters. The Bertz CT molecular complexity index is 524. The summed E-state index contributed by atoms with van der Waals surface area (Å²) in [4.78, 5) is 6.30. The van der Waals surface area contributed by atoms with Crippen molar-refractivity contribution in [2.45, 2.75) is 6.54 Å². The van der Waals surface area contributed by atoms with Gasteiger partial charge in [0.25, 0.3) is 5.89 Å². The molecule has 0 saturated heterocycles. The molecular formula is C11H13IN4O. The van der Waals surface area contributed by atoms with Gasteiger partial charge in [-0.05, 0) is 54.9 Å². The fourth-order valence-corrected chi connectivity index (χ4v) is 1.73. The van der Waals surface area contributed by atoms with Gasteiger partial charge in [0.1, 0.15) is 0 Å². The molecule has 0 aliphatic heterocycles. The summed E-state index contributed by atoms with van der Waals surface area (Å²) in [5.41, 5.74) is 7.41. The Morgan fingerprint density at radius 2 is 2.18 bits per heavy atom. The molecule has 2 aromatic rings. The molecular weight excluding hydrogens is 331 g/mol. The number of rotatable bonds is 3. The first-order valence-electron chi connectivity index (χ1n) is 5.09. The summed E-state index contributed by atoms with van der Waals surface area (Å²) in [6.45, 7) is 0.656. The van der Waals surface area contributed by atoms with Gasteiger partial charge in [0.2, 0.25) is 0 Å². The molecule has 90 valence electrons. The van der Waals surface area contributed by atoms with Crippen LogP contribution in [0.1, 0.15) is 5.82 Å². The van der Waals surface area contributed by atoms with Gasteiger partial charge in [0.05, 0.1) is 6.54 Å². The molecule has 0 spiro atoms. The van der Waals surface area contributed by atoms with E-state index in [9.17, 15) is 0 Å². The lowest BCUT2D eigenvalue weighted by molar-refractivity contribution is 0.365. The predicted octanol–water partition coefficient (Wildman–Crippen LogP) is 1.98. The highest BCUT2D eigenvalue weighted by molar-refractivity contribution is 14.1. The van der Waals surface area contributed by atoms with Crippen LogP contribution in [0, 0.1) is 3.57 Å². The molecule has 1 aromatic heterocycles. The third-order valence-corrected chi connectivity index (χ3v) is 3.15. The Kier molecular flexibility index (Phi) is 3.63. The summed E-state index contributed by atoms with van der Waals surface area (Å²) >= 11 is 2.18. The smallest absolute Gasteiger partial charge is 0.258 e. The second-order valence-corrected chi connectivity index (χ2v) is 5.15. The number of benzene rings is 1. The lowest BCUT2D eigenvalue weighted by atomic mass is 10.2. The zero-order chi connectivity index (χ0) is 12.4. The average Bonchev–Trinajstić information content (AvgIpc) is 2.69.